The van der Waals surface area contributed by atoms with Gasteiger partial charge in [-0.2, -0.15) is 0 Å². The average molecular weight is 316 g/mol. The molecule has 1 N–H and O–H groups in total. The normalized spacial score (nSPS) is 11.2. The molecule has 1 heterocycles. The maximum atomic E-state index is 13.4. The number of nitrogens with one attached hydrogen (secondary N) is 1. The second-order valence-corrected chi connectivity index (χ2v) is 5.50. The predicted octanol–water partition coefficient (Wildman–Crippen LogP) is 4.23. The quantitative estimate of drug-likeness (QED) is 0.735. The molecule has 1 amide bonds. The number of halogens is 2. The van der Waals surface area contributed by atoms with Crippen molar-refractivity contribution in [2.45, 2.75) is 0 Å². The van der Waals surface area contributed by atoms with Gasteiger partial charge in [-0.05, 0) is 30.3 Å². The van der Waals surface area contributed by atoms with E-state index < -0.39 is 23.2 Å². The van der Waals surface area contributed by atoms with Crippen LogP contribution in [-0.4, -0.2) is 10.9 Å². The SMILES string of the molecule is O=C(C=Cc1nc2ccccc2s1)Nc1c(F)cccc1F. The smallest absolute Gasteiger partial charge is 0.248 e. The summed E-state index contributed by atoms with van der Waals surface area (Å²) in [4.78, 5) is 16.1. The van der Waals surface area contributed by atoms with Crippen molar-refractivity contribution in [3.8, 4) is 0 Å². The molecule has 0 aliphatic carbocycles. The number of fused-ring (bicyclic) bond motifs is 1. The van der Waals surface area contributed by atoms with Crippen LogP contribution in [0.4, 0.5) is 14.5 Å². The third kappa shape index (κ3) is 3.01. The lowest BCUT2D eigenvalue weighted by molar-refractivity contribution is -0.111. The van der Waals surface area contributed by atoms with Crippen molar-refractivity contribution in [1.82, 2.24) is 4.98 Å². The Labute approximate surface area is 128 Å². The maximum absolute atomic E-state index is 13.4. The number of para-hydroxylation sites is 2. The van der Waals surface area contributed by atoms with E-state index in [-0.39, 0.29) is 0 Å². The lowest BCUT2D eigenvalue weighted by atomic mass is 10.3. The Morgan fingerprint density at radius 1 is 1.09 bits per heavy atom. The summed E-state index contributed by atoms with van der Waals surface area (Å²) in [6.45, 7) is 0. The molecule has 0 bridgehead atoms. The molecule has 0 saturated carbocycles. The highest BCUT2D eigenvalue weighted by Crippen LogP contribution is 2.22. The number of carbonyl (C=O) groups is 1. The van der Waals surface area contributed by atoms with Crippen molar-refractivity contribution in [1.29, 1.82) is 0 Å². The van der Waals surface area contributed by atoms with E-state index in [4.69, 9.17) is 0 Å². The highest BCUT2D eigenvalue weighted by molar-refractivity contribution is 7.19. The number of rotatable bonds is 3. The predicted molar refractivity (Wildman–Crippen MR) is 83.6 cm³/mol. The van der Waals surface area contributed by atoms with E-state index in [9.17, 15) is 13.6 Å². The molecule has 0 fully saturated rings. The van der Waals surface area contributed by atoms with Crippen LogP contribution >= 0.6 is 11.3 Å². The molecule has 3 rings (SSSR count). The van der Waals surface area contributed by atoms with Crippen molar-refractivity contribution in [3.63, 3.8) is 0 Å². The molecule has 110 valence electrons. The minimum absolute atomic E-state index is 0.457. The van der Waals surface area contributed by atoms with Gasteiger partial charge in [-0.3, -0.25) is 4.79 Å². The van der Waals surface area contributed by atoms with Crippen molar-refractivity contribution >= 4 is 39.2 Å². The zero-order valence-electron chi connectivity index (χ0n) is 11.2. The van der Waals surface area contributed by atoms with Crippen LogP contribution in [0.5, 0.6) is 0 Å². The summed E-state index contributed by atoms with van der Waals surface area (Å²) in [7, 11) is 0. The summed E-state index contributed by atoms with van der Waals surface area (Å²) >= 11 is 1.43. The van der Waals surface area contributed by atoms with Gasteiger partial charge in [0.25, 0.3) is 0 Å². The largest absolute Gasteiger partial charge is 0.318 e. The van der Waals surface area contributed by atoms with Gasteiger partial charge >= 0.3 is 0 Å². The molecule has 0 spiro atoms. The summed E-state index contributed by atoms with van der Waals surface area (Å²) < 4.78 is 27.9. The summed E-state index contributed by atoms with van der Waals surface area (Å²) in [6, 6.07) is 11.0. The molecule has 0 radical (unpaired) electrons. The van der Waals surface area contributed by atoms with Gasteiger partial charge in [0.05, 0.1) is 10.2 Å². The first kappa shape index (κ1) is 14.3. The summed E-state index contributed by atoms with van der Waals surface area (Å²) in [6.07, 6.45) is 2.71. The average Bonchev–Trinajstić information content (AvgIpc) is 2.92. The zero-order valence-corrected chi connectivity index (χ0v) is 12.0. The fourth-order valence-corrected chi connectivity index (χ4v) is 2.76. The Kier molecular flexibility index (Phi) is 3.93. The third-order valence-corrected chi connectivity index (χ3v) is 3.90. The highest BCUT2D eigenvalue weighted by Gasteiger charge is 2.10. The van der Waals surface area contributed by atoms with Gasteiger partial charge in [0.15, 0.2) is 0 Å². The molecule has 0 unspecified atom stereocenters. The van der Waals surface area contributed by atoms with Crippen molar-refractivity contribution < 1.29 is 13.6 Å². The molecule has 6 heteroatoms. The van der Waals surface area contributed by atoms with Gasteiger partial charge in [0, 0.05) is 6.08 Å². The summed E-state index contributed by atoms with van der Waals surface area (Å²) in [5, 5.41) is 2.83. The fraction of sp³-hybridized carbons (Fsp3) is 0. The number of aromatic nitrogens is 1. The van der Waals surface area contributed by atoms with Crippen molar-refractivity contribution in [2.24, 2.45) is 0 Å². The molecule has 2 aromatic carbocycles. The van der Waals surface area contributed by atoms with E-state index in [1.807, 2.05) is 24.3 Å². The minimum atomic E-state index is -0.818. The van der Waals surface area contributed by atoms with E-state index in [0.717, 1.165) is 22.3 Å². The van der Waals surface area contributed by atoms with Crippen LogP contribution in [0.3, 0.4) is 0 Å². The molecular weight excluding hydrogens is 306 g/mol. The maximum Gasteiger partial charge on any atom is 0.248 e. The highest BCUT2D eigenvalue weighted by atomic mass is 32.1. The van der Waals surface area contributed by atoms with Gasteiger partial charge in [-0.25, -0.2) is 13.8 Å². The van der Waals surface area contributed by atoms with E-state index in [0.29, 0.717) is 5.01 Å². The lowest BCUT2D eigenvalue weighted by Gasteiger charge is -2.04. The zero-order chi connectivity index (χ0) is 15.5. The van der Waals surface area contributed by atoms with Crippen LogP contribution in [0.15, 0.2) is 48.5 Å². The van der Waals surface area contributed by atoms with Crippen molar-refractivity contribution in [3.05, 3.63) is 65.2 Å². The Hall–Kier alpha value is -2.60. The van der Waals surface area contributed by atoms with Crippen LogP contribution in [0.1, 0.15) is 5.01 Å². The molecule has 0 aliphatic heterocycles. The Morgan fingerprint density at radius 3 is 2.55 bits per heavy atom. The topological polar surface area (TPSA) is 42.0 Å². The van der Waals surface area contributed by atoms with E-state index in [2.05, 4.69) is 10.3 Å². The van der Waals surface area contributed by atoms with Crippen LogP contribution in [0.25, 0.3) is 16.3 Å². The van der Waals surface area contributed by atoms with E-state index >= 15 is 0 Å². The third-order valence-electron chi connectivity index (χ3n) is 2.90. The van der Waals surface area contributed by atoms with Crippen LogP contribution in [-0.2, 0) is 4.79 Å². The minimum Gasteiger partial charge on any atom is -0.318 e. The monoisotopic (exact) mass is 316 g/mol. The van der Waals surface area contributed by atoms with Crippen LogP contribution in [0, 0.1) is 11.6 Å². The second kappa shape index (κ2) is 6.03. The molecule has 0 atom stereocenters. The van der Waals surface area contributed by atoms with Gasteiger partial charge in [-0.15, -0.1) is 11.3 Å². The summed E-state index contributed by atoms with van der Waals surface area (Å²) in [5.74, 6) is -2.26. The van der Waals surface area contributed by atoms with Crippen LogP contribution < -0.4 is 5.32 Å². The molecule has 0 aliphatic rings. The Balaban J connectivity index is 1.76. The first-order valence-electron chi connectivity index (χ1n) is 6.42. The summed E-state index contributed by atoms with van der Waals surface area (Å²) in [5.41, 5.74) is 0.383. The number of nitrogens with zero attached hydrogens (tertiary/aromatic N) is 1. The van der Waals surface area contributed by atoms with Gasteiger partial charge in [0.1, 0.15) is 22.3 Å². The number of benzene rings is 2. The number of thiazole rings is 1. The molecule has 22 heavy (non-hydrogen) atoms. The molecule has 1 aromatic heterocycles. The Bertz CT molecular complexity index is 820. The standard InChI is InChI=1S/C16H10F2N2OS/c17-10-4-3-5-11(18)16(10)20-14(21)8-9-15-19-12-6-1-2-7-13(12)22-15/h1-9H,(H,20,21). The van der Waals surface area contributed by atoms with Gasteiger partial charge in [-0.1, -0.05) is 18.2 Å². The van der Waals surface area contributed by atoms with E-state index in [1.54, 1.807) is 0 Å². The first-order valence-corrected chi connectivity index (χ1v) is 7.24. The fourth-order valence-electron chi connectivity index (χ4n) is 1.89. The lowest BCUT2D eigenvalue weighted by Crippen LogP contribution is -2.10. The molecule has 0 saturated heterocycles. The second-order valence-electron chi connectivity index (χ2n) is 4.44. The molecular formula is C16H10F2N2OS. The number of hydrogen-bond donors (Lipinski definition) is 1. The van der Waals surface area contributed by atoms with Crippen molar-refractivity contribution in [2.75, 3.05) is 5.32 Å². The van der Waals surface area contributed by atoms with E-state index in [1.165, 1.54) is 29.6 Å². The van der Waals surface area contributed by atoms with Gasteiger partial charge < -0.3 is 5.32 Å². The number of amides is 1. The first-order chi connectivity index (χ1) is 10.6. The van der Waals surface area contributed by atoms with Crippen LogP contribution in [0.2, 0.25) is 0 Å². The molecule has 3 nitrogen and oxygen atoms in total. The number of carbonyl (C=O) groups excluding carboxylic acids is 1. The molecule has 3 aromatic rings. The van der Waals surface area contributed by atoms with Gasteiger partial charge in [0.2, 0.25) is 5.91 Å². The number of hydrogen-bond acceptors (Lipinski definition) is 3. The number of anilines is 1. The Morgan fingerprint density at radius 2 is 1.82 bits per heavy atom.